The molecule has 1 saturated carbocycles. The molecule has 0 unspecified atom stereocenters. The van der Waals surface area contributed by atoms with Crippen LogP contribution in [0, 0.1) is 12.3 Å². The molecular weight excluding hydrogens is 331 g/mol. The van der Waals surface area contributed by atoms with Gasteiger partial charge < -0.3 is 4.74 Å². The molecule has 0 radical (unpaired) electrons. The van der Waals surface area contributed by atoms with Crippen LogP contribution in [0.3, 0.4) is 0 Å². The number of hydrogen-bond acceptors (Lipinski definition) is 4. The fourth-order valence-corrected chi connectivity index (χ4v) is 3.30. The molecule has 0 saturated heterocycles. The summed E-state index contributed by atoms with van der Waals surface area (Å²) in [6.45, 7) is 0.0834. The Balaban J connectivity index is 2.05. The summed E-state index contributed by atoms with van der Waals surface area (Å²) in [6, 6.07) is 3.10. The molecular formula is C14H10Cl2N2O2S. The molecule has 3 rings (SSSR count). The predicted molar refractivity (Wildman–Crippen MR) is 84.0 cm³/mol. The lowest BCUT2D eigenvalue weighted by molar-refractivity contribution is 0.370. The second-order valence-electron chi connectivity index (χ2n) is 4.62. The Morgan fingerprint density at radius 3 is 2.86 bits per heavy atom. The molecule has 1 aromatic heterocycles. The largest absolute Gasteiger partial charge is 0.479 e. The Morgan fingerprint density at radius 1 is 1.43 bits per heavy atom. The Kier molecular flexibility index (Phi) is 3.94. The van der Waals surface area contributed by atoms with E-state index in [1.807, 2.05) is 0 Å². The third-order valence-electron chi connectivity index (χ3n) is 3.03. The molecule has 1 heterocycles. The average Bonchev–Trinajstić information content (AvgIpc) is 3.22. The van der Waals surface area contributed by atoms with Crippen molar-refractivity contribution in [2.24, 2.45) is 0 Å². The van der Waals surface area contributed by atoms with Gasteiger partial charge in [-0.2, -0.15) is 9.78 Å². The van der Waals surface area contributed by atoms with Crippen molar-refractivity contribution in [1.82, 2.24) is 9.78 Å². The summed E-state index contributed by atoms with van der Waals surface area (Å²) >= 11 is 13.4. The lowest BCUT2D eigenvalue weighted by Gasteiger charge is -2.09. The molecule has 2 aromatic rings. The van der Waals surface area contributed by atoms with Crippen molar-refractivity contribution in [2.75, 3.05) is 6.61 Å². The molecule has 0 bridgehead atoms. The van der Waals surface area contributed by atoms with Gasteiger partial charge in [0.05, 0.1) is 15.7 Å². The van der Waals surface area contributed by atoms with Gasteiger partial charge in [0.2, 0.25) is 0 Å². The van der Waals surface area contributed by atoms with Crippen molar-refractivity contribution >= 4 is 34.5 Å². The fourth-order valence-electron chi connectivity index (χ4n) is 1.85. The highest BCUT2D eigenvalue weighted by molar-refractivity contribution is 7.09. The first-order chi connectivity index (χ1) is 10.1. The van der Waals surface area contributed by atoms with Gasteiger partial charge in [-0.25, -0.2) is 0 Å². The van der Waals surface area contributed by atoms with Gasteiger partial charge in [0.25, 0.3) is 0 Å². The maximum atomic E-state index is 12.1. The van der Waals surface area contributed by atoms with Crippen LogP contribution in [-0.2, 0) is 0 Å². The first kappa shape index (κ1) is 14.5. The fraction of sp³-hybridized carbons (Fsp3) is 0.286. The zero-order valence-electron chi connectivity index (χ0n) is 10.8. The zero-order valence-corrected chi connectivity index (χ0v) is 13.1. The Morgan fingerprint density at radius 2 is 2.19 bits per heavy atom. The van der Waals surface area contributed by atoms with Crippen molar-refractivity contribution < 1.29 is 4.74 Å². The predicted octanol–water partition coefficient (Wildman–Crippen LogP) is 3.49. The van der Waals surface area contributed by atoms with E-state index in [0.717, 1.165) is 29.2 Å². The molecule has 1 fully saturated rings. The minimum absolute atomic E-state index is 0.0834. The summed E-state index contributed by atoms with van der Waals surface area (Å²) in [6.07, 6.45) is 7.33. The highest BCUT2D eigenvalue weighted by Crippen LogP contribution is 2.40. The van der Waals surface area contributed by atoms with Crippen LogP contribution in [0.5, 0.6) is 5.75 Å². The molecule has 108 valence electrons. The van der Waals surface area contributed by atoms with E-state index in [4.69, 9.17) is 34.4 Å². The van der Waals surface area contributed by atoms with Gasteiger partial charge in [-0.3, -0.25) is 4.79 Å². The monoisotopic (exact) mass is 340 g/mol. The van der Waals surface area contributed by atoms with Crippen LogP contribution in [0.1, 0.15) is 23.8 Å². The van der Waals surface area contributed by atoms with Crippen LogP contribution >= 0.6 is 34.5 Å². The van der Waals surface area contributed by atoms with Crippen LogP contribution in [-0.4, -0.2) is 16.4 Å². The zero-order chi connectivity index (χ0) is 15.0. The minimum atomic E-state index is -0.177. The number of terminal acetylenes is 1. The molecule has 0 N–H and O–H groups in total. The van der Waals surface area contributed by atoms with Crippen LogP contribution < -0.4 is 9.61 Å². The van der Waals surface area contributed by atoms with Gasteiger partial charge >= 0.3 is 4.87 Å². The second kappa shape index (κ2) is 5.72. The van der Waals surface area contributed by atoms with Crippen molar-refractivity contribution in [1.29, 1.82) is 0 Å². The molecule has 4 nitrogen and oxygen atoms in total. The third kappa shape index (κ3) is 2.93. The number of aromatic nitrogens is 2. The topological polar surface area (TPSA) is 44.1 Å². The first-order valence-electron chi connectivity index (χ1n) is 6.26. The minimum Gasteiger partial charge on any atom is -0.479 e. The smallest absolute Gasteiger partial charge is 0.329 e. The van der Waals surface area contributed by atoms with Crippen LogP contribution in [0.2, 0.25) is 10.0 Å². The van der Waals surface area contributed by atoms with E-state index in [9.17, 15) is 4.79 Å². The SMILES string of the molecule is C#CCOc1cc(-n2nc(C3CC3)sc2=O)c(Cl)cc1Cl. The summed E-state index contributed by atoms with van der Waals surface area (Å²) in [5.41, 5.74) is 0.446. The Labute approximate surface area is 135 Å². The molecule has 0 amide bonds. The van der Waals surface area contributed by atoms with Crippen LogP contribution in [0.4, 0.5) is 0 Å². The van der Waals surface area contributed by atoms with E-state index >= 15 is 0 Å². The third-order valence-corrected chi connectivity index (χ3v) is 4.60. The molecule has 1 aromatic carbocycles. The van der Waals surface area contributed by atoms with E-state index in [0.29, 0.717) is 27.4 Å². The van der Waals surface area contributed by atoms with E-state index in [-0.39, 0.29) is 11.5 Å². The normalized spacial score (nSPS) is 14.0. The Bertz CT molecular complexity index is 787. The average molecular weight is 341 g/mol. The maximum absolute atomic E-state index is 12.1. The number of benzene rings is 1. The van der Waals surface area contributed by atoms with Crippen molar-refractivity contribution in [3.63, 3.8) is 0 Å². The maximum Gasteiger partial charge on any atom is 0.329 e. The summed E-state index contributed by atoms with van der Waals surface area (Å²) in [5, 5.41) is 5.87. The van der Waals surface area contributed by atoms with Crippen molar-refractivity contribution in [3.8, 4) is 23.8 Å². The number of nitrogens with zero attached hydrogens (tertiary/aromatic N) is 2. The van der Waals surface area contributed by atoms with Gasteiger partial charge in [-0.15, -0.1) is 6.42 Å². The van der Waals surface area contributed by atoms with E-state index in [1.54, 1.807) is 6.07 Å². The first-order valence-corrected chi connectivity index (χ1v) is 7.83. The highest BCUT2D eigenvalue weighted by atomic mass is 35.5. The second-order valence-corrected chi connectivity index (χ2v) is 6.41. The molecule has 21 heavy (non-hydrogen) atoms. The summed E-state index contributed by atoms with van der Waals surface area (Å²) < 4.78 is 6.63. The molecule has 1 aliphatic rings. The molecule has 0 aliphatic heterocycles. The van der Waals surface area contributed by atoms with Crippen LogP contribution in [0.25, 0.3) is 5.69 Å². The standard InChI is InChI=1S/C14H10Cl2N2O2S/c1-2-5-20-12-7-11(9(15)6-10(12)16)18-14(19)21-13(17-18)8-3-4-8/h1,6-8H,3-5H2. The van der Waals surface area contributed by atoms with E-state index in [2.05, 4.69) is 11.0 Å². The van der Waals surface area contributed by atoms with Gasteiger partial charge in [0, 0.05) is 12.0 Å². The number of hydrogen-bond donors (Lipinski definition) is 0. The van der Waals surface area contributed by atoms with Crippen molar-refractivity contribution in [3.05, 3.63) is 36.9 Å². The quantitative estimate of drug-likeness (QED) is 0.800. The van der Waals surface area contributed by atoms with E-state index in [1.165, 1.54) is 10.7 Å². The number of ether oxygens (including phenoxy) is 1. The molecule has 1 aliphatic carbocycles. The highest BCUT2D eigenvalue weighted by Gasteiger charge is 2.28. The van der Waals surface area contributed by atoms with Gasteiger partial charge in [0.15, 0.2) is 0 Å². The number of rotatable bonds is 4. The number of halogens is 2. The lowest BCUT2D eigenvalue weighted by atomic mass is 10.3. The summed E-state index contributed by atoms with van der Waals surface area (Å²) in [5.74, 6) is 3.15. The summed E-state index contributed by atoms with van der Waals surface area (Å²) in [4.78, 5) is 11.9. The van der Waals surface area contributed by atoms with Crippen molar-refractivity contribution in [2.45, 2.75) is 18.8 Å². The lowest BCUT2D eigenvalue weighted by Crippen LogP contribution is -2.13. The Hall–Kier alpha value is -1.48. The molecule has 7 heteroatoms. The van der Waals surface area contributed by atoms with Gasteiger partial charge in [0.1, 0.15) is 17.4 Å². The molecule has 0 atom stereocenters. The molecule has 0 spiro atoms. The van der Waals surface area contributed by atoms with Gasteiger partial charge in [-0.1, -0.05) is 40.5 Å². The van der Waals surface area contributed by atoms with Crippen LogP contribution in [0.15, 0.2) is 16.9 Å². The van der Waals surface area contributed by atoms with E-state index < -0.39 is 0 Å². The van der Waals surface area contributed by atoms with Gasteiger partial charge in [-0.05, 0) is 18.9 Å². The summed E-state index contributed by atoms with van der Waals surface area (Å²) in [7, 11) is 0.